The molecule has 43 heavy (non-hydrogen) atoms. The van der Waals surface area contributed by atoms with Crippen LogP contribution in [0.15, 0.2) is 73.1 Å². The van der Waals surface area contributed by atoms with E-state index in [4.69, 9.17) is 10.8 Å². The lowest BCUT2D eigenvalue weighted by Crippen LogP contribution is -2.29. The van der Waals surface area contributed by atoms with Gasteiger partial charge in [0.15, 0.2) is 5.65 Å². The van der Waals surface area contributed by atoms with E-state index in [-0.39, 0.29) is 17.9 Å². The van der Waals surface area contributed by atoms with Gasteiger partial charge in [-0.25, -0.2) is 14.6 Å². The number of fused-ring (bicyclic) bond motifs is 2. The van der Waals surface area contributed by atoms with E-state index in [1.165, 1.54) is 19.2 Å². The number of nitrogens with two attached hydrogens (primary N) is 1. The number of likely N-dealkylation sites (tertiary alicyclic amines) is 1. The van der Waals surface area contributed by atoms with E-state index in [0.29, 0.717) is 34.9 Å². The number of likely N-dealkylation sites (N-methyl/N-ethyl adjacent to an activating group) is 1. The second-order valence-electron chi connectivity index (χ2n) is 12.1. The second-order valence-corrected chi connectivity index (χ2v) is 12.1. The molecule has 220 valence electrons. The van der Waals surface area contributed by atoms with Crippen molar-refractivity contribution in [3.05, 3.63) is 78.6 Å². The highest BCUT2D eigenvalue weighted by molar-refractivity contribution is 6.04. The van der Waals surface area contributed by atoms with Gasteiger partial charge in [-0.05, 0) is 68.8 Å². The maximum absolute atomic E-state index is 12.9. The van der Waals surface area contributed by atoms with Crippen molar-refractivity contribution in [1.82, 2.24) is 29.5 Å². The van der Waals surface area contributed by atoms with Gasteiger partial charge in [-0.1, -0.05) is 36.4 Å². The maximum atomic E-state index is 12.9. The van der Waals surface area contributed by atoms with Gasteiger partial charge in [0.05, 0.1) is 11.4 Å². The first-order valence-electron chi connectivity index (χ1n) is 15.1. The molecule has 3 aliphatic rings. The summed E-state index contributed by atoms with van der Waals surface area (Å²) in [4.78, 5) is 38.6. The SMILES string of the molecule is CN(CC=CC(=O)N1CC2CC(n3nc(-c4ccc(NC(=O)c5ccccc5)cc4)c4c(N)ncnc43)CC2C1)C1CC1. The zero-order valence-corrected chi connectivity index (χ0v) is 24.3. The smallest absolute Gasteiger partial charge is 0.255 e. The molecule has 0 spiro atoms. The molecule has 2 unspecified atom stereocenters. The summed E-state index contributed by atoms with van der Waals surface area (Å²) in [5.41, 5.74) is 9.99. The molecular formula is C33H36N8O2. The van der Waals surface area contributed by atoms with Crippen molar-refractivity contribution in [2.75, 3.05) is 37.7 Å². The molecule has 10 heteroatoms. The second kappa shape index (κ2) is 11.3. The zero-order chi connectivity index (χ0) is 29.5. The van der Waals surface area contributed by atoms with E-state index < -0.39 is 0 Å². The summed E-state index contributed by atoms with van der Waals surface area (Å²) in [6.45, 7) is 2.38. The minimum atomic E-state index is -0.162. The molecule has 0 radical (unpaired) electrons. The zero-order valence-electron chi connectivity index (χ0n) is 24.3. The lowest BCUT2D eigenvalue weighted by molar-refractivity contribution is -0.125. The third-order valence-electron chi connectivity index (χ3n) is 9.18. The highest BCUT2D eigenvalue weighted by Gasteiger charge is 2.43. The molecule has 3 fully saturated rings. The summed E-state index contributed by atoms with van der Waals surface area (Å²) in [5, 5.41) is 8.73. The van der Waals surface area contributed by atoms with Gasteiger partial charge < -0.3 is 16.0 Å². The van der Waals surface area contributed by atoms with Crippen LogP contribution >= 0.6 is 0 Å². The maximum Gasteiger partial charge on any atom is 0.255 e. The Bertz CT molecular complexity index is 1660. The van der Waals surface area contributed by atoms with Crippen molar-refractivity contribution in [1.29, 1.82) is 0 Å². The van der Waals surface area contributed by atoms with Gasteiger partial charge in [0, 0.05) is 48.6 Å². The first kappa shape index (κ1) is 27.3. The number of benzene rings is 2. The average molecular weight is 577 g/mol. The number of nitrogen functional groups attached to an aromatic ring is 1. The number of hydrogen-bond donors (Lipinski definition) is 2. The monoisotopic (exact) mass is 576 g/mol. The van der Waals surface area contributed by atoms with Crippen LogP contribution in [0.25, 0.3) is 22.3 Å². The Morgan fingerprint density at radius 3 is 2.44 bits per heavy atom. The molecule has 1 aliphatic heterocycles. The van der Waals surface area contributed by atoms with Gasteiger partial charge in [-0.3, -0.25) is 14.5 Å². The van der Waals surface area contributed by atoms with E-state index in [1.807, 2.05) is 58.1 Å². The fourth-order valence-corrected chi connectivity index (χ4v) is 6.69. The highest BCUT2D eigenvalue weighted by atomic mass is 16.2. The van der Waals surface area contributed by atoms with Gasteiger partial charge in [0.1, 0.15) is 17.8 Å². The minimum absolute atomic E-state index is 0.117. The van der Waals surface area contributed by atoms with Crippen LogP contribution in [0.4, 0.5) is 11.5 Å². The number of nitrogens with one attached hydrogen (secondary N) is 1. The number of carbonyl (C=O) groups is 2. The van der Waals surface area contributed by atoms with Crippen LogP contribution in [-0.2, 0) is 4.79 Å². The molecule has 7 rings (SSSR count). The third-order valence-corrected chi connectivity index (χ3v) is 9.18. The van der Waals surface area contributed by atoms with Crippen LogP contribution in [0.2, 0.25) is 0 Å². The third kappa shape index (κ3) is 5.50. The van der Waals surface area contributed by atoms with E-state index in [2.05, 4.69) is 27.2 Å². The number of nitrogens with zero attached hydrogens (tertiary/aromatic N) is 6. The van der Waals surface area contributed by atoms with Crippen molar-refractivity contribution >= 4 is 34.4 Å². The summed E-state index contributed by atoms with van der Waals surface area (Å²) >= 11 is 0. The first-order chi connectivity index (χ1) is 20.9. The number of rotatable bonds is 8. The Kier molecular flexibility index (Phi) is 7.14. The molecule has 3 heterocycles. The van der Waals surface area contributed by atoms with Crippen molar-refractivity contribution in [2.24, 2.45) is 11.8 Å². The molecule has 2 atom stereocenters. The van der Waals surface area contributed by atoms with Crippen LogP contribution in [0, 0.1) is 11.8 Å². The normalized spacial score (nSPS) is 21.6. The van der Waals surface area contributed by atoms with Crippen molar-refractivity contribution in [3.63, 3.8) is 0 Å². The number of anilines is 2. The van der Waals surface area contributed by atoms with Gasteiger partial charge in [0.2, 0.25) is 5.91 Å². The summed E-state index contributed by atoms with van der Waals surface area (Å²) in [5.74, 6) is 1.22. The van der Waals surface area contributed by atoms with E-state index >= 15 is 0 Å². The van der Waals surface area contributed by atoms with E-state index in [9.17, 15) is 9.59 Å². The summed E-state index contributed by atoms with van der Waals surface area (Å²) in [7, 11) is 2.12. The minimum Gasteiger partial charge on any atom is -0.383 e. The summed E-state index contributed by atoms with van der Waals surface area (Å²) in [6.07, 6.45) is 9.65. The van der Waals surface area contributed by atoms with Crippen molar-refractivity contribution in [3.8, 4) is 11.3 Å². The molecule has 2 aliphatic carbocycles. The first-order valence-corrected chi connectivity index (χ1v) is 15.1. The average Bonchev–Trinajstić information content (AvgIpc) is 3.52. The predicted octanol–water partition coefficient (Wildman–Crippen LogP) is 4.39. The Morgan fingerprint density at radius 1 is 1.02 bits per heavy atom. The predicted molar refractivity (Wildman–Crippen MR) is 166 cm³/mol. The van der Waals surface area contributed by atoms with Crippen LogP contribution in [0.5, 0.6) is 0 Å². The van der Waals surface area contributed by atoms with Crippen LogP contribution in [0.3, 0.4) is 0 Å². The van der Waals surface area contributed by atoms with Crippen LogP contribution in [-0.4, -0.2) is 74.1 Å². The molecule has 3 N–H and O–H groups in total. The number of carbonyl (C=O) groups excluding carboxylic acids is 2. The number of hydrogen-bond acceptors (Lipinski definition) is 7. The fourth-order valence-electron chi connectivity index (χ4n) is 6.69. The number of amides is 2. The van der Waals surface area contributed by atoms with Crippen molar-refractivity contribution in [2.45, 2.75) is 37.8 Å². The molecular weight excluding hydrogens is 540 g/mol. The van der Waals surface area contributed by atoms with Gasteiger partial charge in [-0.2, -0.15) is 5.10 Å². The molecule has 2 aromatic carbocycles. The highest BCUT2D eigenvalue weighted by Crippen LogP contribution is 2.45. The van der Waals surface area contributed by atoms with Gasteiger partial charge >= 0.3 is 0 Å². The molecule has 2 saturated carbocycles. The standard InChI is InChI=1S/C33H36N8O2/c1-39(26-13-14-26)15-5-8-28(42)40-18-23-16-27(17-24(23)19-40)41-32-29(31(34)35-20-36-32)30(38-41)21-9-11-25(12-10-21)37-33(43)22-6-3-2-4-7-22/h2-12,20,23-24,26-27H,13-19H2,1H3,(H,37,43)(H2,34,35,36). The Labute approximate surface area is 250 Å². The molecule has 2 aromatic heterocycles. The lowest BCUT2D eigenvalue weighted by atomic mass is 10.0. The summed E-state index contributed by atoms with van der Waals surface area (Å²) in [6, 6.07) is 17.6. The molecule has 2 amide bonds. The molecule has 10 nitrogen and oxygen atoms in total. The fraction of sp³-hybridized carbons (Fsp3) is 0.364. The largest absolute Gasteiger partial charge is 0.383 e. The van der Waals surface area contributed by atoms with E-state index in [1.54, 1.807) is 18.2 Å². The lowest BCUT2D eigenvalue weighted by Gasteiger charge is -2.19. The van der Waals surface area contributed by atoms with Crippen molar-refractivity contribution < 1.29 is 9.59 Å². The van der Waals surface area contributed by atoms with Gasteiger partial charge in [-0.15, -0.1) is 0 Å². The molecule has 0 bridgehead atoms. The number of aromatic nitrogens is 4. The quantitative estimate of drug-likeness (QED) is 0.298. The van der Waals surface area contributed by atoms with Gasteiger partial charge in [0.25, 0.3) is 5.91 Å². The van der Waals surface area contributed by atoms with E-state index in [0.717, 1.165) is 54.8 Å². The van der Waals surface area contributed by atoms with Crippen LogP contribution < -0.4 is 11.1 Å². The molecule has 1 saturated heterocycles. The Morgan fingerprint density at radius 2 is 1.74 bits per heavy atom. The Hall–Kier alpha value is -4.57. The topological polar surface area (TPSA) is 122 Å². The van der Waals surface area contributed by atoms with Crippen LogP contribution in [0.1, 0.15) is 42.1 Å². The Balaban J connectivity index is 1.05. The molecule has 4 aromatic rings. The summed E-state index contributed by atoms with van der Waals surface area (Å²) < 4.78 is 2.02.